The second-order valence-electron chi connectivity index (χ2n) is 6.82. The number of hydrogen-bond donors (Lipinski definition) is 2. The van der Waals surface area contributed by atoms with Crippen molar-refractivity contribution in [1.29, 1.82) is 0 Å². The molecule has 5 heteroatoms. The van der Waals surface area contributed by atoms with Crippen LogP contribution < -0.4 is 20.1 Å². The predicted octanol–water partition coefficient (Wildman–Crippen LogP) is 3.17. The van der Waals surface area contributed by atoms with Gasteiger partial charge >= 0.3 is 0 Å². The lowest BCUT2D eigenvalue weighted by atomic mass is 10.0. The van der Waals surface area contributed by atoms with Crippen LogP contribution >= 0.6 is 0 Å². The number of ether oxygens (including phenoxy) is 2. The Kier molecular flexibility index (Phi) is 5.26. The van der Waals surface area contributed by atoms with E-state index in [0.29, 0.717) is 6.54 Å². The molecule has 0 saturated heterocycles. The quantitative estimate of drug-likeness (QED) is 0.696. The maximum atomic E-state index is 12.7. The highest BCUT2D eigenvalue weighted by atomic mass is 16.7. The van der Waals surface area contributed by atoms with Gasteiger partial charge in [0.25, 0.3) is 5.91 Å². The van der Waals surface area contributed by atoms with E-state index in [0.717, 1.165) is 33.9 Å². The molecule has 0 saturated carbocycles. The number of benzene rings is 3. The fraction of sp³-hybridized carbons (Fsp3) is 0.174. The molecule has 1 amide bonds. The van der Waals surface area contributed by atoms with E-state index in [1.54, 1.807) is 0 Å². The standard InChI is InChI=1S/C23H22N2O3/c1-16(24-14-17-11-12-21-22(13-17)28-15-27-21)23(26)25-20-10-6-5-9-19(20)18-7-3-2-4-8-18/h2-13,16,24H,14-15H2,1H3,(H,25,26)/p+1/t16-/m0/s1. The second kappa shape index (κ2) is 8.15. The molecule has 0 fully saturated rings. The lowest BCUT2D eigenvalue weighted by Gasteiger charge is -2.14. The molecule has 1 aliphatic heterocycles. The molecule has 142 valence electrons. The highest BCUT2D eigenvalue weighted by Crippen LogP contribution is 2.32. The van der Waals surface area contributed by atoms with Gasteiger partial charge in [0, 0.05) is 16.8 Å². The molecule has 0 unspecified atom stereocenters. The zero-order valence-electron chi connectivity index (χ0n) is 15.7. The van der Waals surface area contributed by atoms with E-state index in [1.165, 1.54) is 0 Å². The van der Waals surface area contributed by atoms with Gasteiger partial charge in [-0.15, -0.1) is 0 Å². The van der Waals surface area contributed by atoms with Crippen LogP contribution in [0.4, 0.5) is 5.69 Å². The molecule has 3 N–H and O–H groups in total. The Bertz CT molecular complexity index is 973. The number of nitrogens with two attached hydrogens (primary N) is 1. The van der Waals surface area contributed by atoms with Gasteiger partial charge in [-0.3, -0.25) is 4.79 Å². The summed E-state index contributed by atoms with van der Waals surface area (Å²) in [6.45, 7) is 2.86. The molecule has 0 bridgehead atoms. The van der Waals surface area contributed by atoms with Gasteiger partial charge in [0.05, 0.1) is 0 Å². The van der Waals surface area contributed by atoms with E-state index >= 15 is 0 Å². The van der Waals surface area contributed by atoms with E-state index in [9.17, 15) is 4.79 Å². The van der Waals surface area contributed by atoms with Crippen LogP contribution in [0.2, 0.25) is 0 Å². The topological polar surface area (TPSA) is 64.2 Å². The van der Waals surface area contributed by atoms with Gasteiger partial charge in [-0.1, -0.05) is 48.5 Å². The molecule has 3 aromatic rings. The first-order valence-corrected chi connectivity index (χ1v) is 9.38. The molecular weight excluding hydrogens is 352 g/mol. The van der Waals surface area contributed by atoms with E-state index in [1.807, 2.05) is 85.0 Å². The second-order valence-corrected chi connectivity index (χ2v) is 6.82. The van der Waals surface area contributed by atoms with E-state index in [2.05, 4.69) is 5.32 Å². The van der Waals surface area contributed by atoms with Crippen LogP contribution in [0.1, 0.15) is 12.5 Å². The van der Waals surface area contributed by atoms with Gasteiger partial charge in [-0.05, 0) is 36.8 Å². The van der Waals surface area contributed by atoms with Crippen LogP contribution in [0.15, 0.2) is 72.8 Å². The number of fused-ring (bicyclic) bond motifs is 1. The maximum Gasteiger partial charge on any atom is 0.282 e. The van der Waals surface area contributed by atoms with Crippen LogP contribution in [0, 0.1) is 0 Å². The summed E-state index contributed by atoms with van der Waals surface area (Å²) < 4.78 is 10.7. The van der Waals surface area contributed by atoms with Gasteiger partial charge in [-0.25, -0.2) is 0 Å². The Morgan fingerprint density at radius 1 is 1.00 bits per heavy atom. The molecule has 3 aromatic carbocycles. The molecule has 5 nitrogen and oxygen atoms in total. The summed E-state index contributed by atoms with van der Waals surface area (Å²) in [6.07, 6.45) is 0. The largest absolute Gasteiger partial charge is 0.454 e. The molecule has 1 heterocycles. The summed E-state index contributed by atoms with van der Waals surface area (Å²) in [4.78, 5) is 12.7. The van der Waals surface area contributed by atoms with E-state index in [4.69, 9.17) is 9.47 Å². The molecule has 0 aliphatic carbocycles. The average molecular weight is 375 g/mol. The van der Waals surface area contributed by atoms with Gasteiger partial charge in [0.1, 0.15) is 6.54 Å². The van der Waals surface area contributed by atoms with Crippen molar-refractivity contribution in [3.05, 3.63) is 78.4 Å². The molecule has 28 heavy (non-hydrogen) atoms. The minimum absolute atomic E-state index is 0.0240. The fourth-order valence-electron chi connectivity index (χ4n) is 3.20. The van der Waals surface area contributed by atoms with Gasteiger partial charge < -0.3 is 20.1 Å². The lowest BCUT2D eigenvalue weighted by molar-refractivity contribution is -0.688. The Morgan fingerprint density at radius 2 is 1.75 bits per heavy atom. The number of amides is 1. The Labute approximate surface area is 164 Å². The zero-order valence-corrected chi connectivity index (χ0v) is 15.7. The summed E-state index contributed by atoms with van der Waals surface area (Å²) in [5, 5.41) is 5.08. The third kappa shape index (κ3) is 4.00. The van der Waals surface area contributed by atoms with Gasteiger partial charge in [0.15, 0.2) is 17.5 Å². The van der Waals surface area contributed by atoms with Crippen molar-refractivity contribution in [2.45, 2.75) is 19.5 Å². The van der Waals surface area contributed by atoms with Gasteiger partial charge in [-0.2, -0.15) is 0 Å². The number of nitrogens with one attached hydrogen (secondary N) is 1. The summed E-state index contributed by atoms with van der Waals surface area (Å²) >= 11 is 0. The summed E-state index contributed by atoms with van der Waals surface area (Å²) in [5.41, 5.74) is 4.01. The van der Waals surface area contributed by atoms with Crippen molar-refractivity contribution in [2.75, 3.05) is 12.1 Å². The van der Waals surface area contributed by atoms with E-state index in [-0.39, 0.29) is 18.7 Å². The molecule has 4 rings (SSSR count). The summed E-state index contributed by atoms with van der Waals surface area (Å²) in [6, 6.07) is 23.6. The Balaban J connectivity index is 1.40. The van der Waals surface area contributed by atoms with Crippen molar-refractivity contribution >= 4 is 11.6 Å². The Hall–Kier alpha value is -3.31. The first kappa shape index (κ1) is 18.1. The lowest BCUT2D eigenvalue weighted by Crippen LogP contribution is -2.90. The molecule has 1 atom stereocenters. The minimum Gasteiger partial charge on any atom is -0.454 e. The first-order chi connectivity index (χ1) is 13.7. The van der Waals surface area contributed by atoms with Crippen LogP contribution in [0.25, 0.3) is 11.1 Å². The smallest absolute Gasteiger partial charge is 0.282 e. The van der Waals surface area contributed by atoms with Gasteiger partial charge in [0.2, 0.25) is 6.79 Å². The highest BCUT2D eigenvalue weighted by molar-refractivity contribution is 5.97. The normalized spacial score (nSPS) is 13.2. The minimum atomic E-state index is -0.228. The average Bonchev–Trinajstić information content (AvgIpc) is 3.21. The van der Waals surface area contributed by atoms with Crippen molar-refractivity contribution < 1.29 is 19.6 Å². The van der Waals surface area contributed by atoms with Crippen molar-refractivity contribution in [3.8, 4) is 22.6 Å². The van der Waals surface area contributed by atoms with Crippen molar-refractivity contribution in [3.63, 3.8) is 0 Å². The third-order valence-corrected chi connectivity index (χ3v) is 4.83. The maximum absolute atomic E-state index is 12.7. The molecule has 0 spiro atoms. The van der Waals surface area contributed by atoms with Crippen molar-refractivity contribution in [2.24, 2.45) is 0 Å². The number of carbonyl (C=O) groups excluding carboxylic acids is 1. The Morgan fingerprint density at radius 3 is 2.61 bits per heavy atom. The third-order valence-electron chi connectivity index (χ3n) is 4.83. The van der Waals surface area contributed by atoms with Crippen LogP contribution in [0.5, 0.6) is 11.5 Å². The molecule has 0 radical (unpaired) electrons. The van der Waals surface area contributed by atoms with Crippen LogP contribution in [-0.2, 0) is 11.3 Å². The van der Waals surface area contributed by atoms with Crippen LogP contribution in [-0.4, -0.2) is 18.7 Å². The molecule has 0 aromatic heterocycles. The fourth-order valence-corrected chi connectivity index (χ4v) is 3.20. The van der Waals surface area contributed by atoms with E-state index < -0.39 is 0 Å². The summed E-state index contributed by atoms with van der Waals surface area (Å²) in [7, 11) is 0. The van der Waals surface area contributed by atoms with Crippen LogP contribution in [0.3, 0.4) is 0 Å². The number of hydrogen-bond acceptors (Lipinski definition) is 3. The predicted molar refractivity (Wildman–Crippen MR) is 108 cm³/mol. The number of anilines is 1. The summed E-state index contributed by atoms with van der Waals surface area (Å²) in [5.74, 6) is 1.51. The van der Waals surface area contributed by atoms with Crippen molar-refractivity contribution in [1.82, 2.24) is 0 Å². The number of carbonyl (C=O) groups is 1. The number of quaternary nitrogens is 1. The number of para-hydroxylation sites is 1. The SMILES string of the molecule is C[C@H]([NH2+]Cc1ccc2c(c1)OCO2)C(=O)Nc1ccccc1-c1ccccc1. The first-order valence-electron chi connectivity index (χ1n) is 9.38. The molecule has 1 aliphatic rings. The monoisotopic (exact) mass is 375 g/mol. The number of rotatable bonds is 6. The zero-order chi connectivity index (χ0) is 19.3. The molecular formula is C23H23N2O3+. The highest BCUT2D eigenvalue weighted by Gasteiger charge is 2.19.